The summed E-state index contributed by atoms with van der Waals surface area (Å²) in [5, 5.41) is 8.48. The maximum absolute atomic E-state index is 11.7. The molecule has 104 valence electrons. The van der Waals surface area contributed by atoms with Crippen LogP contribution in [-0.2, 0) is 4.79 Å². The number of hydrogen-bond acceptors (Lipinski definition) is 3. The molecule has 0 saturated heterocycles. The Bertz CT molecular complexity index is 406. The van der Waals surface area contributed by atoms with E-state index in [-0.39, 0.29) is 17.7 Å². The summed E-state index contributed by atoms with van der Waals surface area (Å²) in [7, 11) is 1.81. The number of carbonyl (C=O) groups is 2. The Balaban J connectivity index is 2.21. The fourth-order valence-corrected chi connectivity index (χ4v) is 1.63. The first-order chi connectivity index (χ1) is 9.15. The second-order valence-electron chi connectivity index (χ2n) is 4.37. The summed E-state index contributed by atoms with van der Waals surface area (Å²) in [6, 6.07) is 9.00. The highest BCUT2D eigenvalue weighted by Gasteiger charge is 2.10. The Kier molecular flexibility index (Phi) is 6.60. The zero-order chi connectivity index (χ0) is 14.1. The van der Waals surface area contributed by atoms with Gasteiger partial charge in [0.1, 0.15) is 0 Å². The number of rotatable bonds is 7. The molecular weight excluding hydrogens is 242 g/mol. The van der Waals surface area contributed by atoms with Gasteiger partial charge in [-0.1, -0.05) is 25.1 Å². The second-order valence-corrected chi connectivity index (χ2v) is 4.37. The molecule has 1 aromatic carbocycles. The van der Waals surface area contributed by atoms with Crippen molar-refractivity contribution in [3.8, 4) is 0 Å². The Morgan fingerprint density at radius 2 is 1.74 bits per heavy atom. The molecule has 0 saturated carbocycles. The summed E-state index contributed by atoms with van der Waals surface area (Å²) < 4.78 is 0. The quantitative estimate of drug-likeness (QED) is 0.623. The molecule has 0 aliphatic carbocycles. The van der Waals surface area contributed by atoms with Crippen molar-refractivity contribution in [3.05, 3.63) is 35.9 Å². The van der Waals surface area contributed by atoms with Crippen molar-refractivity contribution >= 4 is 11.8 Å². The van der Waals surface area contributed by atoms with Crippen molar-refractivity contribution in [2.45, 2.75) is 6.92 Å². The molecule has 0 bridgehead atoms. The predicted octanol–water partition coefficient (Wildman–Crippen LogP) is 0.388. The van der Waals surface area contributed by atoms with E-state index in [1.807, 2.05) is 32.2 Å². The van der Waals surface area contributed by atoms with E-state index >= 15 is 0 Å². The van der Waals surface area contributed by atoms with Gasteiger partial charge in [0.2, 0.25) is 5.91 Å². The first-order valence-electron chi connectivity index (χ1n) is 6.40. The van der Waals surface area contributed by atoms with Crippen LogP contribution in [0.5, 0.6) is 0 Å². The molecule has 1 atom stereocenters. The summed E-state index contributed by atoms with van der Waals surface area (Å²) in [6.45, 7) is 3.35. The van der Waals surface area contributed by atoms with Gasteiger partial charge in [0, 0.05) is 31.1 Å². The number of hydrogen-bond donors (Lipinski definition) is 3. The topological polar surface area (TPSA) is 70.2 Å². The highest BCUT2D eigenvalue weighted by molar-refractivity contribution is 5.94. The lowest BCUT2D eigenvalue weighted by molar-refractivity contribution is -0.124. The Morgan fingerprint density at radius 1 is 1.11 bits per heavy atom. The molecule has 1 rings (SSSR count). The lowest BCUT2D eigenvalue weighted by atomic mass is 10.1. The standard InChI is InChI=1S/C14H21N3O2/c1-11(10-15-2)13(18)16-8-9-17-14(19)12-6-4-3-5-7-12/h3-7,11,15H,8-10H2,1-2H3,(H,16,18)(H,17,19). The van der Waals surface area contributed by atoms with E-state index in [2.05, 4.69) is 16.0 Å². The van der Waals surface area contributed by atoms with E-state index in [0.717, 1.165) is 0 Å². The Labute approximate surface area is 113 Å². The molecule has 0 heterocycles. The van der Waals surface area contributed by atoms with Crippen molar-refractivity contribution in [1.82, 2.24) is 16.0 Å². The van der Waals surface area contributed by atoms with Gasteiger partial charge in [-0.2, -0.15) is 0 Å². The molecule has 1 aromatic rings. The fourth-order valence-electron chi connectivity index (χ4n) is 1.63. The molecule has 19 heavy (non-hydrogen) atoms. The highest BCUT2D eigenvalue weighted by atomic mass is 16.2. The molecule has 0 aromatic heterocycles. The van der Waals surface area contributed by atoms with Gasteiger partial charge in [-0.25, -0.2) is 0 Å². The van der Waals surface area contributed by atoms with Crippen molar-refractivity contribution < 1.29 is 9.59 Å². The van der Waals surface area contributed by atoms with Gasteiger partial charge in [0.25, 0.3) is 5.91 Å². The average Bonchev–Trinajstić information content (AvgIpc) is 2.44. The van der Waals surface area contributed by atoms with Crippen LogP contribution < -0.4 is 16.0 Å². The fraction of sp³-hybridized carbons (Fsp3) is 0.429. The van der Waals surface area contributed by atoms with Crippen molar-refractivity contribution in [2.75, 3.05) is 26.7 Å². The smallest absolute Gasteiger partial charge is 0.251 e. The van der Waals surface area contributed by atoms with Gasteiger partial charge in [0.05, 0.1) is 0 Å². The summed E-state index contributed by atoms with van der Waals surface area (Å²) in [5.74, 6) is -0.212. The largest absolute Gasteiger partial charge is 0.354 e. The number of amides is 2. The molecule has 5 heteroatoms. The van der Waals surface area contributed by atoms with Gasteiger partial charge in [-0.3, -0.25) is 9.59 Å². The second kappa shape index (κ2) is 8.26. The number of benzene rings is 1. The minimum Gasteiger partial charge on any atom is -0.354 e. The van der Waals surface area contributed by atoms with Crippen molar-refractivity contribution in [2.24, 2.45) is 5.92 Å². The number of carbonyl (C=O) groups excluding carboxylic acids is 2. The SMILES string of the molecule is CNCC(C)C(=O)NCCNC(=O)c1ccccc1. The molecule has 0 aliphatic rings. The van der Waals surface area contributed by atoms with Crippen LogP contribution in [0.4, 0.5) is 0 Å². The van der Waals surface area contributed by atoms with Crippen LogP contribution in [0.15, 0.2) is 30.3 Å². The minimum absolute atomic E-state index is 0.0108. The third-order valence-electron chi connectivity index (χ3n) is 2.70. The molecular formula is C14H21N3O2. The molecule has 2 amide bonds. The van der Waals surface area contributed by atoms with Gasteiger partial charge in [-0.15, -0.1) is 0 Å². The normalized spacial score (nSPS) is 11.7. The number of nitrogens with one attached hydrogen (secondary N) is 3. The summed E-state index contributed by atoms with van der Waals surface area (Å²) in [4.78, 5) is 23.3. The highest BCUT2D eigenvalue weighted by Crippen LogP contribution is 1.97. The monoisotopic (exact) mass is 263 g/mol. The van der Waals surface area contributed by atoms with Gasteiger partial charge < -0.3 is 16.0 Å². The maximum atomic E-state index is 11.7. The molecule has 3 N–H and O–H groups in total. The van der Waals surface area contributed by atoms with Crippen LogP contribution in [0.2, 0.25) is 0 Å². The predicted molar refractivity (Wildman–Crippen MR) is 74.9 cm³/mol. The Hall–Kier alpha value is -1.88. The van der Waals surface area contributed by atoms with Crippen LogP contribution in [0.1, 0.15) is 17.3 Å². The van der Waals surface area contributed by atoms with Gasteiger partial charge in [0.15, 0.2) is 0 Å². The van der Waals surface area contributed by atoms with E-state index < -0.39 is 0 Å². The molecule has 1 unspecified atom stereocenters. The zero-order valence-corrected chi connectivity index (χ0v) is 11.4. The summed E-state index contributed by atoms with van der Waals surface area (Å²) >= 11 is 0. The van der Waals surface area contributed by atoms with Crippen LogP contribution in [0, 0.1) is 5.92 Å². The maximum Gasteiger partial charge on any atom is 0.251 e. The van der Waals surface area contributed by atoms with Gasteiger partial charge >= 0.3 is 0 Å². The van der Waals surface area contributed by atoms with E-state index in [1.54, 1.807) is 12.1 Å². The average molecular weight is 263 g/mol. The molecule has 0 fully saturated rings. The molecule has 0 radical (unpaired) electrons. The lowest BCUT2D eigenvalue weighted by Crippen LogP contribution is -2.39. The lowest BCUT2D eigenvalue weighted by Gasteiger charge is -2.11. The van der Waals surface area contributed by atoms with Crippen molar-refractivity contribution in [3.63, 3.8) is 0 Å². The van der Waals surface area contributed by atoms with E-state index in [1.165, 1.54) is 0 Å². The zero-order valence-electron chi connectivity index (χ0n) is 11.4. The molecule has 0 spiro atoms. The van der Waals surface area contributed by atoms with Crippen molar-refractivity contribution in [1.29, 1.82) is 0 Å². The van der Waals surface area contributed by atoms with Crippen LogP contribution in [0.25, 0.3) is 0 Å². The third kappa shape index (κ3) is 5.52. The van der Waals surface area contributed by atoms with E-state index in [9.17, 15) is 9.59 Å². The van der Waals surface area contributed by atoms with Crippen LogP contribution >= 0.6 is 0 Å². The van der Waals surface area contributed by atoms with Crippen LogP contribution in [0.3, 0.4) is 0 Å². The third-order valence-corrected chi connectivity index (χ3v) is 2.70. The first kappa shape index (κ1) is 15.2. The summed E-state index contributed by atoms with van der Waals surface area (Å²) in [6.07, 6.45) is 0. The first-order valence-corrected chi connectivity index (χ1v) is 6.40. The van der Waals surface area contributed by atoms with Gasteiger partial charge in [-0.05, 0) is 19.2 Å². The Morgan fingerprint density at radius 3 is 2.37 bits per heavy atom. The van der Waals surface area contributed by atoms with E-state index in [0.29, 0.717) is 25.2 Å². The van der Waals surface area contributed by atoms with E-state index in [4.69, 9.17) is 0 Å². The van der Waals surface area contributed by atoms with Crippen LogP contribution in [-0.4, -0.2) is 38.5 Å². The summed E-state index contributed by atoms with van der Waals surface area (Å²) in [5.41, 5.74) is 0.623. The molecule has 0 aliphatic heterocycles. The molecule has 5 nitrogen and oxygen atoms in total. The minimum atomic E-state index is -0.127.